The van der Waals surface area contributed by atoms with Crippen LogP contribution in [0.4, 0.5) is 11.5 Å². The van der Waals surface area contributed by atoms with E-state index in [2.05, 4.69) is 58.4 Å². The van der Waals surface area contributed by atoms with Crippen LogP contribution in [0.5, 0.6) is 0 Å². The zero-order chi connectivity index (χ0) is 18.5. The molecule has 0 radical (unpaired) electrons. The molecule has 0 aliphatic rings. The van der Waals surface area contributed by atoms with E-state index in [9.17, 15) is 0 Å². The second kappa shape index (κ2) is 7.95. The molecule has 0 aliphatic carbocycles. The molecule has 0 saturated carbocycles. The van der Waals surface area contributed by atoms with Crippen molar-refractivity contribution in [1.29, 1.82) is 0 Å². The van der Waals surface area contributed by atoms with Crippen molar-refractivity contribution in [2.75, 3.05) is 23.8 Å². The van der Waals surface area contributed by atoms with Crippen LogP contribution in [0, 0.1) is 13.8 Å². The summed E-state index contributed by atoms with van der Waals surface area (Å²) in [6.45, 7) is 7.03. The highest BCUT2D eigenvalue weighted by Gasteiger charge is 2.13. The lowest BCUT2D eigenvalue weighted by Crippen LogP contribution is -2.35. The molecule has 0 saturated heterocycles. The summed E-state index contributed by atoms with van der Waals surface area (Å²) in [6, 6.07) is 16.5. The minimum atomic E-state index is 0.311. The molecule has 5 heteroatoms. The van der Waals surface area contributed by atoms with Gasteiger partial charge in [-0.05, 0) is 45.0 Å². The molecular formula is C21H25N5. The number of para-hydroxylation sites is 1. The molecule has 0 bridgehead atoms. The first-order valence-corrected chi connectivity index (χ1v) is 8.84. The quantitative estimate of drug-likeness (QED) is 0.728. The van der Waals surface area contributed by atoms with Gasteiger partial charge in [0.05, 0.1) is 0 Å². The predicted octanol–water partition coefficient (Wildman–Crippen LogP) is 4.09. The molecule has 26 heavy (non-hydrogen) atoms. The molecule has 0 aliphatic heterocycles. The lowest BCUT2D eigenvalue weighted by molar-refractivity contribution is 0.714. The summed E-state index contributed by atoms with van der Waals surface area (Å²) in [7, 11) is 2.11. The Balaban J connectivity index is 1.76. The molecular weight excluding hydrogens is 322 g/mol. The largest absolute Gasteiger partial charge is 0.370 e. The van der Waals surface area contributed by atoms with Crippen molar-refractivity contribution in [3.05, 3.63) is 66.0 Å². The number of nitrogens with one attached hydrogen (secondary N) is 1. The number of benzene rings is 1. The average molecular weight is 347 g/mol. The average Bonchev–Trinajstić information content (AvgIpc) is 2.69. The third-order valence-electron chi connectivity index (χ3n) is 4.67. The van der Waals surface area contributed by atoms with E-state index >= 15 is 0 Å². The van der Waals surface area contributed by atoms with E-state index in [1.165, 1.54) is 5.69 Å². The summed E-state index contributed by atoms with van der Waals surface area (Å²) < 4.78 is 0. The SMILES string of the molecule is Cc1nc(-c2ccccn2)nc(NCC(C)N(C)c2ccccc2)c1C. The maximum Gasteiger partial charge on any atom is 0.180 e. The number of likely N-dealkylation sites (N-methyl/N-ethyl adjacent to an activating group) is 1. The number of rotatable bonds is 6. The third kappa shape index (κ3) is 3.99. The maximum atomic E-state index is 4.70. The monoisotopic (exact) mass is 347 g/mol. The molecule has 3 rings (SSSR count). The zero-order valence-corrected chi connectivity index (χ0v) is 15.8. The lowest BCUT2D eigenvalue weighted by Gasteiger charge is -2.27. The molecule has 2 aromatic heterocycles. The Morgan fingerprint density at radius 1 is 1.00 bits per heavy atom. The fraction of sp³-hybridized carbons (Fsp3) is 0.286. The van der Waals surface area contributed by atoms with Gasteiger partial charge in [0.15, 0.2) is 5.82 Å². The number of aromatic nitrogens is 3. The van der Waals surface area contributed by atoms with Gasteiger partial charge in [-0.1, -0.05) is 24.3 Å². The standard InChI is InChI=1S/C21H25N5/c1-15(26(4)18-10-6-5-7-11-18)14-23-20-16(2)17(3)24-21(25-20)19-12-8-9-13-22-19/h5-13,15H,14H2,1-4H3,(H,23,24,25). The first kappa shape index (κ1) is 17.9. The van der Waals surface area contributed by atoms with Gasteiger partial charge in [-0.15, -0.1) is 0 Å². The van der Waals surface area contributed by atoms with Crippen molar-refractivity contribution in [3.8, 4) is 11.5 Å². The Kier molecular flexibility index (Phi) is 5.46. The summed E-state index contributed by atoms with van der Waals surface area (Å²) in [5.74, 6) is 1.52. The number of hydrogen-bond donors (Lipinski definition) is 1. The van der Waals surface area contributed by atoms with Gasteiger partial charge in [0.1, 0.15) is 11.5 Å². The van der Waals surface area contributed by atoms with E-state index in [0.29, 0.717) is 11.9 Å². The number of anilines is 2. The Labute approximate surface area is 155 Å². The first-order valence-electron chi connectivity index (χ1n) is 8.84. The minimum Gasteiger partial charge on any atom is -0.370 e. The summed E-state index contributed by atoms with van der Waals surface area (Å²) >= 11 is 0. The fourth-order valence-electron chi connectivity index (χ4n) is 2.71. The van der Waals surface area contributed by atoms with E-state index in [0.717, 1.165) is 29.3 Å². The number of hydrogen-bond acceptors (Lipinski definition) is 5. The van der Waals surface area contributed by atoms with Gasteiger partial charge < -0.3 is 10.2 Å². The van der Waals surface area contributed by atoms with Crippen LogP contribution in [-0.4, -0.2) is 34.6 Å². The predicted molar refractivity (Wildman–Crippen MR) is 108 cm³/mol. The van der Waals surface area contributed by atoms with Crippen LogP contribution in [0.3, 0.4) is 0 Å². The first-order chi connectivity index (χ1) is 12.6. The van der Waals surface area contributed by atoms with Gasteiger partial charge in [-0.2, -0.15) is 0 Å². The zero-order valence-electron chi connectivity index (χ0n) is 15.8. The van der Waals surface area contributed by atoms with E-state index in [4.69, 9.17) is 4.98 Å². The molecule has 1 atom stereocenters. The molecule has 0 fully saturated rings. The van der Waals surface area contributed by atoms with Crippen LogP contribution in [-0.2, 0) is 0 Å². The second-order valence-electron chi connectivity index (χ2n) is 6.50. The number of nitrogens with zero attached hydrogens (tertiary/aromatic N) is 4. The minimum absolute atomic E-state index is 0.311. The molecule has 1 N–H and O–H groups in total. The van der Waals surface area contributed by atoms with E-state index in [-0.39, 0.29) is 0 Å². The van der Waals surface area contributed by atoms with E-state index in [1.54, 1.807) is 6.20 Å². The second-order valence-corrected chi connectivity index (χ2v) is 6.50. The normalized spacial score (nSPS) is 11.8. The van der Waals surface area contributed by atoms with Gasteiger partial charge in [0.25, 0.3) is 0 Å². The van der Waals surface area contributed by atoms with Gasteiger partial charge in [-0.3, -0.25) is 4.98 Å². The molecule has 1 aromatic carbocycles. The van der Waals surface area contributed by atoms with Crippen LogP contribution < -0.4 is 10.2 Å². The van der Waals surface area contributed by atoms with Crippen LogP contribution in [0.2, 0.25) is 0 Å². The van der Waals surface area contributed by atoms with Gasteiger partial charge >= 0.3 is 0 Å². The highest BCUT2D eigenvalue weighted by atomic mass is 15.2. The summed E-state index contributed by atoms with van der Waals surface area (Å²) in [6.07, 6.45) is 1.76. The molecule has 5 nitrogen and oxygen atoms in total. The van der Waals surface area contributed by atoms with Crippen LogP contribution in [0.25, 0.3) is 11.5 Å². The number of aryl methyl sites for hydroxylation is 1. The van der Waals surface area contributed by atoms with Crippen molar-refractivity contribution in [3.63, 3.8) is 0 Å². The highest BCUT2D eigenvalue weighted by Crippen LogP contribution is 2.21. The van der Waals surface area contributed by atoms with Crippen molar-refractivity contribution in [2.45, 2.75) is 26.8 Å². The summed E-state index contributed by atoms with van der Waals surface area (Å²) in [5.41, 5.74) is 4.02. The topological polar surface area (TPSA) is 53.9 Å². The Bertz CT molecular complexity index is 849. The summed E-state index contributed by atoms with van der Waals surface area (Å²) in [4.78, 5) is 15.9. The van der Waals surface area contributed by atoms with Crippen LogP contribution in [0.1, 0.15) is 18.2 Å². The summed E-state index contributed by atoms with van der Waals surface area (Å²) in [5, 5.41) is 3.49. The Hall–Kier alpha value is -2.95. The van der Waals surface area contributed by atoms with Gasteiger partial charge in [0, 0.05) is 42.8 Å². The maximum absolute atomic E-state index is 4.70. The van der Waals surface area contributed by atoms with Crippen LogP contribution >= 0.6 is 0 Å². The van der Waals surface area contributed by atoms with Crippen LogP contribution in [0.15, 0.2) is 54.7 Å². The Morgan fingerprint density at radius 3 is 2.42 bits per heavy atom. The number of pyridine rings is 1. The highest BCUT2D eigenvalue weighted by molar-refractivity contribution is 5.56. The molecule has 0 amide bonds. The van der Waals surface area contributed by atoms with Crippen molar-refractivity contribution in [2.24, 2.45) is 0 Å². The third-order valence-corrected chi connectivity index (χ3v) is 4.67. The Morgan fingerprint density at radius 2 is 1.73 bits per heavy atom. The lowest BCUT2D eigenvalue weighted by atomic mass is 10.2. The molecule has 3 aromatic rings. The van der Waals surface area contributed by atoms with Crippen molar-refractivity contribution in [1.82, 2.24) is 15.0 Å². The van der Waals surface area contributed by atoms with Gasteiger partial charge in [0.2, 0.25) is 0 Å². The smallest absolute Gasteiger partial charge is 0.180 e. The molecule has 134 valence electrons. The van der Waals surface area contributed by atoms with E-state index < -0.39 is 0 Å². The van der Waals surface area contributed by atoms with E-state index in [1.807, 2.05) is 38.1 Å². The van der Waals surface area contributed by atoms with Gasteiger partial charge in [-0.25, -0.2) is 9.97 Å². The fourth-order valence-corrected chi connectivity index (χ4v) is 2.71. The van der Waals surface area contributed by atoms with Crippen molar-refractivity contribution >= 4 is 11.5 Å². The molecule has 0 spiro atoms. The van der Waals surface area contributed by atoms with Crippen molar-refractivity contribution < 1.29 is 0 Å². The molecule has 2 heterocycles. The molecule has 1 unspecified atom stereocenters.